The molecule has 0 aliphatic carbocycles. The first-order valence-corrected chi connectivity index (χ1v) is 9.58. The molecule has 0 aromatic heterocycles. The van der Waals surface area contributed by atoms with E-state index in [1.165, 1.54) is 0 Å². The molecule has 1 saturated heterocycles. The van der Waals surface area contributed by atoms with Gasteiger partial charge in [-0.15, -0.1) is 0 Å². The standard InChI is InChI=1S/C22H27N3O2/c1-3-23-22(27)25-13-7-11-19(15-25)17-9-6-10-18(14-17)21(26)24-20-12-5-4-8-16(20)2/h4-6,8-10,12,14,19H,3,7,11,13,15H2,1-2H3,(H,23,27)(H,24,26)/t19-/m0/s1. The van der Waals surface area contributed by atoms with E-state index >= 15 is 0 Å². The molecule has 1 aliphatic rings. The maximum Gasteiger partial charge on any atom is 0.317 e. The SMILES string of the molecule is CCNC(=O)N1CCC[C@H](c2cccc(C(=O)Nc3ccccc3C)c2)C1. The number of rotatable bonds is 4. The van der Waals surface area contributed by atoms with Crippen molar-refractivity contribution >= 4 is 17.6 Å². The van der Waals surface area contributed by atoms with Gasteiger partial charge in [-0.3, -0.25) is 4.79 Å². The lowest BCUT2D eigenvalue weighted by Crippen LogP contribution is -2.44. The number of aryl methyl sites for hydroxylation is 1. The third-order valence-corrected chi connectivity index (χ3v) is 5.05. The quantitative estimate of drug-likeness (QED) is 0.855. The number of carbonyl (C=O) groups excluding carboxylic acids is 2. The molecule has 5 heteroatoms. The van der Waals surface area contributed by atoms with Crippen LogP contribution >= 0.6 is 0 Å². The average Bonchev–Trinajstić information content (AvgIpc) is 2.70. The van der Waals surface area contributed by atoms with Crippen LogP contribution in [0, 0.1) is 6.92 Å². The van der Waals surface area contributed by atoms with Crippen molar-refractivity contribution in [1.82, 2.24) is 10.2 Å². The molecular formula is C22H27N3O2. The molecule has 2 aromatic carbocycles. The van der Waals surface area contributed by atoms with Gasteiger partial charge < -0.3 is 15.5 Å². The summed E-state index contributed by atoms with van der Waals surface area (Å²) in [6.07, 6.45) is 2.00. The van der Waals surface area contributed by atoms with Crippen LogP contribution in [0.1, 0.15) is 47.2 Å². The van der Waals surface area contributed by atoms with Crippen molar-refractivity contribution in [2.24, 2.45) is 0 Å². The van der Waals surface area contributed by atoms with Gasteiger partial charge in [0.1, 0.15) is 0 Å². The molecule has 3 rings (SSSR count). The number of amides is 3. The van der Waals surface area contributed by atoms with Crippen LogP contribution < -0.4 is 10.6 Å². The topological polar surface area (TPSA) is 61.4 Å². The van der Waals surface area contributed by atoms with Crippen LogP contribution in [-0.4, -0.2) is 36.5 Å². The normalized spacial score (nSPS) is 16.7. The van der Waals surface area contributed by atoms with Crippen molar-refractivity contribution in [3.63, 3.8) is 0 Å². The number of benzene rings is 2. The second kappa shape index (κ2) is 8.71. The van der Waals surface area contributed by atoms with E-state index in [1.54, 1.807) is 0 Å². The summed E-state index contributed by atoms with van der Waals surface area (Å²) in [5.74, 6) is 0.148. The molecule has 3 amide bonds. The first-order valence-electron chi connectivity index (χ1n) is 9.58. The Hall–Kier alpha value is -2.82. The van der Waals surface area contributed by atoms with Crippen LogP contribution in [0.15, 0.2) is 48.5 Å². The third kappa shape index (κ3) is 4.67. The first kappa shape index (κ1) is 19.0. The van der Waals surface area contributed by atoms with E-state index in [4.69, 9.17) is 0 Å². The highest BCUT2D eigenvalue weighted by Crippen LogP contribution is 2.28. The van der Waals surface area contributed by atoms with E-state index < -0.39 is 0 Å². The fraction of sp³-hybridized carbons (Fsp3) is 0.364. The highest BCUT2D eigenvalue weighted by Gasteiger charge is 2.25. The fourth-order valence-electron chi connectivity index (χ4n) is 3.54. The van der Waals surface area contributed by atoms with Crippen molar-refractivity contribution in [3.05, 3.63) is 65.2 Å². The van der Waals surface area contributed by atoms with Gasteiger partial charge in [-0.1, -0.05) is 30.3 Å². The zero-order valence-electron chi connectivity index (χ0n) is 16.0. The number of piperidine rings is 1. The van der Waals surface area contributed by atoms with Crippen molar-refractivity contribution < 1.29 is 9.59 Å². The molecule has 0 bridgehead atoms. The zero-order chi connectivity index (χ0) is 19.2. The second-order valence-electron chi connectivity index (χ2n) is 7.02. The molecule has 1 fully saturated rings. The van der Waals surface area contributed by atoms with Gasteiger partial charge in [0.2, 0.25) is 0 Å². The Labute approximate surface area is 160 Å². The van der Waals surface area contributed by atoms with Crippen LogP contribution in [-0.2, 0) is 0 Å². The molecule has 2 N–H and O–H groups in total. The molecule has 142 valence electrons. The second-order valence-corrected chi connectivity index (χ2v) is 7.02. The molecule has 1 aliphatic heterocycles. The summed E-state index contributed by atoms with van der Waals surface area (Å²) in [5.41, 5.74) is 3.62. The third-order valence-electron chi connectivity index (χ3n) is 5.05. The average molecular weight is 365 g/mol. The first-order chi connectivity index (χ1) is 13.1. The van der Waals surface area contributed by atoms with E-state index in [1.807, 2.05) is 61.2 Å². The van der Waals surface area contributed by atoms with Crippen molar-refractivity contribution in [2.45, 2.75) is 32.6 Å². The van der Waals surface area contributed by atoms with Crippen LogP contribution in [0.4, 0.5) is 10.5 Å². The number of urea groups is 1. The summed E-state index contributed by atoms with van der Waals surface area (Å²) >= 11 is 0. The number of carbonyl (C=O) groups is 2. The molecule has 1 heterocycles. The summed E-state index contributed by atoms with van der Waals surface area (Å²) in [6, 6.07) is 15.5. The molecule has 0 spiro atoms. The Kier molecular flexibility index (Phi) is 6.12. The predicted octanol–water partition coefficient (Wildman–Crippen LogP) is 4.16. The number of hydrogen-bond donors (Lipinski definition) is 2. The van der Waals surface area contributed by atoms with Gasteiger partial charge in [0.05, 0.1) is 0 Å². The van der Waals surface area contributed by atoms with E-state index in [-0.39, 0.29) is 17.9 Å². The number of nitrogens with zero attached hydrogens (tertiary/aromatic N) is 1. The zero-order valence-corrected chi connectivity index (χ0v) is 16.0. The van der Waals surface area contributed by atoms with Crippen LogP contribution in [0.2, 0.25) is 0 Å². The number of nitrogens with one attached hydrogen (secondary N) is 2. The lowest BCUT2D eigenvalue weighted by Gasteiger charge is -2.33. The van der Waals surface area contributed by atoms with E-state index in [2.05, 4.69) is 16.7 Å². The number of anilines is 1. The minimum Gasteiger partial charge on any atom is -0.338 e. The number of likely N-dealkylation sites (tertiary alicyclic amines) is 1. The summed E-state index contributed by atoms with van der Waals surface area (Å²) in [4.78, 5) is 26.7. The van der Waals surface area contributed by atoms with Gasteiger partial charge in [0.25, 0.3) is 5.91 Å². The molecular weight excluding hydrogens is 338 g/mol. The Balaban J connectivity index is 1.72. The van der Waals surface area contributed by atoms with Gasteiger partial charge in [-0.25, -0.2) is 4.79 Å². The van der Waals surface area contributed by atoms with Gasteiger partial charge in [-0.05, 0) is 56.0 Å². The minimum absolute atomic E-state index is 0.00403. The van der Waals surface area contributed by atoms with Crippen molar-refractivity contribution in [1.29, 1.82) is 0 Å². The largest absolute Gasteiger partial charge is 0.338 e. The Morgan fingerprint density at radius 2 is 1.96 bits per heavy atom. The molecule has 1 atom stereocenters. The van der Waals surface area contributed by atoms with Crippen LogP contribution in [0.3, 0.4) is 0 Å². The van der Waals surface area contributed by atoms with Gasteiger partial charge >= 0.3 is 6.03 Å². The van der Waals surface area contributed by atoms with Crippen LogP contribution in [0.5, 0.6) is 0 Å². The lowest BCUT2D eigenvalue weighted by atomic mass is 9.89. The number of hydrogen-bond acceptors (Lipinski definition) is 2. The highest BCUT2D eigenvalue weighted by molar-refractivity contribution is 6.04. The molecule has 0 radical (unpaired) electrons. The number of para-hydroxylation sites is 1. The van der Waals surface area contributed by atoms with E-state index in [0.717, 1.165) is 36.2 Å². The molecule has 0 unspecified atom stereocenters. The summed E-state index contributed by atoms with van der Waals surface area (Å²) in [7, 11) is 0. The minimum atomic E-state index is -0.109. The molecule has 5 nitrogen and oxygen atoms in total. The van der Waals surface area contributed by atoms with Crippen molar-refractivity contribution in [2.75, 3.05) is 25.0 Å². The Morgan fingerprint density at radius 3 is 2.74 bits per heavy atom. The summed E-state index contributed by atoms with van der Waals surface area (Å²) in [6.45, 7) is 6.01. The smallest absolute Gasteiger partial charge is 0.317 e. The van der Waals surface area contributed by atoms with E-state index in [0.29, 0.717) is 18.7 Å². The lowest BCUT2D eigenvalue weighted by molar-refractivity contribution is 0.102. The molecule has 27 heavy (non-hydrogen) atoms. The molecule has 2 aromatic rings. The maximum atomic E-state index is 12.7. The monoisotopic (exact) mass is 365 g/mol. The van der Waals surface area contributed by atoms with Gasteiger partial charge in [0.15, 0.2) is 0 Å². The van der Waals surface area contributed by atoms with Crippen LogP contribution in [0.25, 0.3) is 0 Å². The summed E-state index contributed by atoms with van der Waals surface area (Å²) in [5, 5.41) is 5.86. The maximum absolute atomic E-state index is 12.7. The van der Waals surface area contributed by atoms with Gasteiger partial charge in [0, 0.05) is 36.8 Å². The van der Waals surface area contributed by atoms with Crippen molar-refractivity contribution in [3.8, 4) is 0 Å². The Bertz CT molecular complexity index is 819. The predicted molar refractivity (Wildman–Crippen MR) is 108 cm³/mol. The Morgan fingerprint density at radius 1 is 1.15 bits per heavy atom. The van der Waals surface area contributed by atoms with Gasteiger partial charge in [-0.2, -0.15) is 0 Å². The summed E-state index contributed by atoms with van der Waals surface area (Å²) < 4.78 is 0. The fourth-order valence-corrected chi connectivity index (χ4v) is 3.54. The highest BCUT2D eigenvalue weighted by atomic mass is 16.2. The molecule has 0 saturated carbocycles. The van der Waals surface area contributed by atoms with E-state index in [9.17, 15) is 9.59 Å².